The third-order valence-corrected chi connectivity index (χ3v) is 4.97. The predicted molar refractivity (Wildman–Crippen MR) is 86.6 cm³/mol. The predicted octanol–water partition coefficient (Wildman–Crippen LogP) is 4.48. The zero-order chi connectivity index (χ0) is 14.0. The van der Waals surface area contributed by atoms with Gasteiger partial charge in [0.05, 0.1) is 5.69 Å². The van der Waals surface area contributed by atoms with E-state index in [4.69, 9.17) is 5.73 Å². The first-order valence-electron chi connectivity index (χ1n) is 7.27. The molecule has 0 saturated heterocycles. The van der Waals surface area contributed by atoms with Gasteiger partial charge in [-0.05, 0) is 59.3 Å². The number of rotatable bonds is 3. The molecule has 2 rings (SSSR count). The van der Waals surface area contributed by atoms with Crippen molar-refractivity contribution in [3.8, 4) is 0 Å². The number of nitrogens with two attached hydrogens (primary N) is 1. The van der Waals surface area contributed by atoms with E-state index in [0.717, 1.165) is 10.4 Å². The Bertz CT molecular complexity index is 431. The van der Waals surface area contributed by atoms with E-state index in [-0.39, 0.29) is 6.04 Å². The maximum absolute atomic E-state index is 5.94. The molecule has 0 bridgehead atoms. The van der Waals surface area contributed by atoms with Crippen molar-refractivity contribution in [2.45, 2.75) is 51.6 Å². The van der Waals surface area contributed by atoms with Crippen molar-refractivity contribution < 1.29 is 0 Å². The van der Waals surface area contributed by atoms with E-state index < -0.39 is 0 Å². The Morgan fingerprint density at radius 2 is 2.11 bits per heavy atom. The van der Waals surface area contributed by atoms with Gasteiger partial charge in [0, 0.05) is 23.6 Å². The smallest absolute Gasteiger partial charge is 0.0510 e. The van der Waals surface area contributed by atoms with Gasteiger partial charge in [0.25, 0.3) is 0 Å². The first kappa shape index (κ1) is 14.9. The van der Waals surface area contributed by atoms with Crippen LogP contribution in [0.4, 0.5) is 5.69 Å². The van der Waals surface area contributed by atoms with Crippen LogP contribution < -0.4 is 10.6 Å². The Morgan fingerprint density at radius 1 is 1.37 bits per heavy atom. The molecule has 0 heterocycles. The summed E-state index contributed by atoms with van der Waals surface area (Å²) in [6.07, 6.45) is 5.35. The molecule has 3 heteroatoms. The molecule has 2 nitrogen and oxygen atoms in total. The zero-order valence-electron chi connectivity index (χ0n) is 12.2. The van der Waals surface area contributed by atoms with E-state index in [2.05, 4.69) is 53.0 Å². The van der Waals surface area contributed by atoms with Crippen LogP contribution in [-0.2, 0) is 0 Å². The molecule has 2 N–H and O–H groups in total. The maximum atomic E-state index is 5.94. The van der Waals surface area contributed by atoms with E-state index in [1.54, 1.807) is 0 Å². The number of nitrogens with zero attached hydrogens (tertiary/aromatic N) is 1. The van der Waals surface area contributed by atoms with Gasteiger partial charge >= 0.3 is 0 Å². The Balaban J connectivity index is 2.16. The molecule has 0 aromatic heterocycles. The van der Waals surface area contributed by atoms with Crippen LogP contribution in [0.1, 0.15) is 51.1 Å². The fraction of sp³-hybridized carbons (Fsp3) is 0.625. The summed E-state index contributed by atoms with van der Waals surface area (Å²) in [6, 6.07) is 7.25. The summed E-state index contributed by atoms with van der Waals surface area (Å²) in [5.74, 6) is 0.850. The highest BCUT2D eigenvalue weighted by Crippen LogP contribution is 2.34. The van der Waals surface area contributed by atoms with Gasteiger partial charge in [0.15, 0.2) is 0 Å². The van der Waals surface area contributed by atoms with Gasteiger partial charge < -0.3 is 10.6 Å². The van der Waals surface area contributed by atoms with Crippen LogP contribution in [-0.4, -0.2) is 13.1 Å². The van der Waals surface area contributed by atoms with Crippen LogP contribution >= 0.6 is 15.9 Å². The van der Waals surface area contributed by atoms with Crippen molar-refractivity contribution >= 4 is 21.6 Å². The second-order valence-corrected chi connectivity index (χ2v) is 6.89. The summed E-state index contributed by atoms with van der Waals surface area (Å²) in [5, 5.41) is 0. The number of hydrogen-bond donors (Lipinski definition) is 1. The molecule has 0 aliphatic heterocycles. The van der Waals surface area contributed by atoms with Crippen LogP contribution in [0.3, 0.4) is 0 Å². The fourth-order valence-electron chi connectivity index (χ4n) is 3.04. The Hall–Kier alpha value is -0.540. The largest absolute Gasteiger partial charge is 0.371 e. The van der Waals surface area contributed by atoms with Crippen LogP contribution in [0.15, 0.2) is 22.7 Å². The van der Waals surface area contributed by atoms with Gasteiger partial charge in [-0.15, -0.1) is 0 Å². The standard InChI is InChI=1S/C16H25BrN2/c1-11-5-4-6-14(9-11)19(3)16-8-7-13(12(2)18)10-15(16)17/h7-8,10-12,14H,4-6,9,18H2,1-3H3/t11?,12-,14?/m1/s1. The van der Waals surface area contributed by atoms with Gasteiger partial charge in [-0.1, -0.05) is 25.8 Å². The molecule has 2 unspecified atom stereocenters. The lowest BCUT2D eigenvalue weighted by molar-refractivity contribution is 0.336. The van der Waals surface area contributed by atoms with Gasteiger partial charge in [-0.25, -0.2) is 0 Å². The first-order chi connectivity index (χ1) is 8.99. The van der Waals surface area contributed by atoms with E-state index in [0.29, 0.717) is 6.04 Å². The molecule has 1 fully saturated rings. The second-order valence-electron chi connectivity index (χ2n) is 6.04. The zero-order valence-corrected chi connectivity index (χ0v) is 13.8. The van der Waals surface area contributed by atoms with Crippen LogP contribution in [0.2, 0.25) is 0 Å². The van der Waals surface area contributed by atoms with Crippen molar-refractivity contribution in [1.82, 2.24) is 0 Å². The Morgan fingerprint density at radius 3 is 2.68 bits per heavy atom. The molecule has 1 aliphatic rings. The summed E-state index contributed by atoms with van der Waals surface area (Å²) in [4.78, 5) is 2.44. The highest BCUT2D eigenvalue weighted by Gasteiger charge is 2.23. The molecule has 0 radical (unpaired) electrons. The Labute approximate surface area is 125 Å². The summed E-state index contributed by atoms with van der Waals surface area (Å²) in [5.41, 5.74) is 8.40. The number of halogens is 1. The normalized spacial score (nSPS) is 25.1. The molecular formula is C16H25BrN2. The molecule has 106 valence electrons. The van der Waals surface area contributed by atoms with Gasteiger partial charge in [-0.3, -0.25) is 0 Å². The van der Waals surface area contributed by atoms with Crippen molar-refractivity contribution in [2.75, 3.05) is 11.9 Å². The van der Waals surface area contributed by atoms with E-state index in [1.165, 1.54) is 36.9 Å². The summed E-state index contributed by atoms with van der Waals surface area (Å²) in [6.45, 7) is 4.39. The molecule has 1 saturated carbocycles. The maximum Gasteiger partial charge on any atom is 0.0510 e. The van der Waals surface area contributed by atoms with E-state index >= 15 is 0 Å². The van der Waals surface area contributed by atoms with Crippen LogP contribution in [0.25, 0.3) is 0 Å². The molecule has 0 amide bonds. The van der Waals surface area contributed by atoms with Crippen molar-refractivity contribution in [1.29, 1.82) is 0 Å². The van der Waals surface area contributed by atoms with Crippen LogP contribution in [0, 0.1) is 5.92 Å². The number of anilines is 1. The molecule has 0 spiro atoms. The minimum absolute atomic E-state index is 0.0883. The number of benzene rings is 1. The fourth-order valence-corrected chi connectivity index (χ4v) is 3.72. The minimum Gasteiger partial charge on any atom is -0.371 e. The van der Waals surface area contributed by atoms with Crippen molar-refractivity contribution in [2.24, 2.45) is 11.7 Å². The summed E-state index contributed by atoms with van der Waals surface area (Å²) in [7, 11) is 2.22. The highest BCUT2D eigenvalue weighted by atomic mass is 79.9. The highest BCUT2D eigenvalue weighted by molar-refractivity contribution is 9.10. The lowest BCUT2D eigenvalue weighted by Gasteiger charge is -2.36. The minimum atomic E-state index is 0.0883. The van der Waals surface area contributed by atoms with Gasteiger partial charge in [-0.2, -0.15) is 0 Å². The summed E-state index contributed by atoms with van der Waals surface area (Å²) < 4.78 is 1.16. The topological polar surface area (TPSA) is 29.3 Å². The van der Waals surface area contributed by atoms with Crippen LogP contribution in [0.5, 0.6) is 0 Å². The monoisotopic (exact) mass is 324 g/mol. The lowest BCUT2D eigenvalue weighted by atomic mass is 9.86. The van der Waals surface area contributed by atoms with E-state index in [9.17, 15) is 0 Å². The third kappa shape index (κ3) is 3.51. The molecule has 1 aromatic carbocycles. The van der Waals surface area contributed by atoms with Gasteiger partial charge in [0.1, 0.15) is 0 Å². The average Bonchev–Trinajstić information content (AvgIpc) is 2.37. The quantitative estimate of drug-likeness (QED) is 0.887. The summed E-state index contributed by atoms with van der Waals surface area (Å²) >= 11 is 3.70. The molecular weight excluding hydrogens is 300 g/mol. The van der Waals surface area contributed by atoms with Crippen molar-refractivity contribution in [3.05, 3.63) is 28.2 Å². The molecule has 1 aliphatic carbocycles. The van der Waals surface area contributed by atoms with E-state index in [1.807, 2.05) is 6.92 Å². The van der Waals surface area contributed by atoms with Crippen molar-refractivity contribution in [3.63, 3.8) is 0 Å². The average molecular weight is 325 g/mol. The van der Waals surface area contributed by atoms with Gasteiger partial charge in [0.2, 0.25) is 0 Å². The Kier molecular flexibility index (Phi) is 4.91. The molecule has 19 heavy (non-hydrogen) atoms. The SMILES string of the molecule is CC1CCCC(N(C)c2ccc([C@@H](C)N)cc2Br)C1. The lowest BCUT2D eigenvalue weighted by Crippen LogP contribution is -2.35. The third-order valence-electron chi connectivity index (χ3n) is 4.33. The second kappa shape index (κ2) is 6.27. The molecule has 3 atom stereocenters. The number of hydrogen-bond acceptors (Lipinski definition) is 2. The first-order valence-corrected chi connectivity index (χ1v) is 8.06. The molecule has 1 aromatic rings.